The smallest absolute Gasteiger partial charge is 0.337 e. The summed E-state index contributed by atoms with van der Waals surface area (Å²) in [6.45, 7) is 0.0527. The third kappa shape index (κ3) is 6.42. The number of halogens is 3. The highest BCUT2D eigenvalue weighted by Gasteiger charge is 2.14. The van der Waals surface area contributed by atoms with Gasteiger partial charge in [0.2, 0.25) is 0 Å². The molecule has 0 fully saturated rings. The maximum absolute atomic E-state index is 13.9. The van der Waals surface area contributed by atoms with Crippen molar-refractivity contribution in [1.82, 2.24) is 0 Å². The summed E-state index contributed by atoms with van der Waals surface area (Å²) in [5, 5.41) is 12.1. The van der Waals surface area contributed by atoms with E-state index in [0.717, 1.165) is 0 Å². The monoisotopic (exact) mass is 634 g/mol. The summed E-state index contributed by atoms with van der Waals surface area (Å²) in [7, 11) is 1.28. The Kier molecular flexibility index (Phi) is 8.79. The molecule has 0 aliphatic carbocycles. The number of nitrogens with zero attached hydrogens (tertiary/aromatic N) is 1. The van der Waals surface area contributed by atoms with E-state index in [1.165, 1.54) is 31.4 Å². The van der Waals surface area contributed by atoms with Crippen molar-refractivity contribution in [2.45, 2.75) is 6.61 Å². The molecule has 0 aliphatic rings. The highest BCUT2D eigenvalue weighted by molar-refractivity contribution is 14.1. The van der Waals surface area contributed by atoms with E-state index >= 15 is 0 Å². The highest BCUT2D eigenvalue weighted by atomic mass is 127. The van der Waals surface area contributed by atoms with Crippen LogP contribution >= 0.6 is 38.5 Å². The average Bonchev–Trinajstić information content (AvgIpc) is 2.83. The minimum Gasteiger partial charge on any atom is -0.486 e. The van der Waals surface area contributed by atoms with Gasteiger partial charge in [-0.1, -0.05) is 18.2 Å². The van der Waals surface area contributed by atoms with E-state index in [-0.39, 0.29) is 18.0 Å². The van der Waals surface area contributed by atoms with Crippen molar-refractivity contribution in [2.75, 3.05) is 12.4 Å². The number of ether oxygens (including phenoxy) is 2. The summed E-state index contributed by atoms with van der Waals surface area (Å²) in [4.78, 5) is 24.1. The van der Waals surface area contributed by atoms with Gasteiger partial charge >= 0.3 is 5.97 Å². The van der Waals surface area contributed by atoms with Crippen molar-refractivity contribution >= 4 is 62.2 Å². The first-order valence-corrected chi connectivity index (χ1v) is 11.7. The van der Waals surface area contributed by atoms with Crippen molar-refractivity contribution in [3.05, 3.63) is 96.8 Å². The minimum absolute atomic E-state index is 0.0527. The molecule has 0 atom stereocenters. The lowest BCUT2D eigenvalue weighted by Crippen LogP contribution is -2.13. The molecule has 0 heterocycles. The Morgan fingerprint density at radius 3 is 2.50 bits per heavy atom. The van der Waals surface area contributed by atoms with E-state index in [1.54, 1.807) is 42.5 Å². The molecule has 0 aromatic heterocycles. The van der Waals surface area contributed by atoms with Crippen molar-refractivity contribution in [3.63, 3.8) is 0 Å². The quantitative estimate of drug-likeness (QED) is 0.147. The number of hydrogen-bond donors (Lipinski definition) is 1. The molecule has 0 saturated carbocycles. The molecule has 0 saturated heterocycles. The molecule has 3 rings (SSSR count). The van der Waals surface area contributed by atoms with Crippen LogP contribution in [0.2, 0.25) is 0 Å². The second kappa shape index (κ2) is 11.8. The second-order valence-corrected chi connectivity index (χ2v) is 8.90. The zero-order valence-corrected chi connectivity index (χ0v) is 21.5. The van der Waals surface area contributed by atoms with E-state index in [2.05, 4.69) is 48.6 Å². The fourth-order valence-electron chi connectivity index (χ4n) is 2.89. The summed E-state index contributed by atoms with van der Waals surface area (Å²) in [5.41, 5.74) is 1.68. The number of carbonyl (C=O) groups excluding carboxylic acids is 2. The predicted molar refractivity (Wildman–Crippen MR) is 138 cm³/mol. The van der Waals surface area contributed by atoms with Gasteiger partial charge in [0.05, 0.1) is 20.7 Å². The molecule has 3 aromatic carbocycles. The highest BCUT2D eigenvalue weighted by Crippen LogP contribution is 2.33. The third-order valence-corrected chi connectivity index (χ3v) is 5.98. The van der Waals surface area contributed by atoms with E-state index in [1.807, 2.05) is 6.07 Å². The van der Waals surface area contributed by atoms with Crippen LogP contribution in [0.5, 0.6) is 5.75 Å². The number of nitriles is 1. The number of benzene rings is 3. The standard InChI is InChI=1S/C25H17BrFIN2O4/c1-33-25(32)16-6-8-19(9-7-16)30-24(31)18(13-29)10-15-11-20(26)23(22(28)12-15)34-14-17-4-2-3-5-21(17)27/h2-12H,14H2,1H3,(H,30,31)/b18-10+. The van der Waals surface area contributed by atoms with Gasteiger partial charge in [-0.3, -0.25) is 4.79 Å². The fraction of sp³-hybridized carbons (Fsp3) is 0.0800. The van der Waals surface area contributed by atoms with Crippen LogP contribution in [-0.4, -0.2) is 19.0 Å². The summed E-state index contributed by atoms with van der Waals surface area (Å²) in [5.74, 6) is -0.913. The number of esters is 1. The molecule has 0 radical (unpaired) electrons. The zero-order chi connectivity index (χ0) is 24.7. The van der Waals surface area contributed by atoms with Gasteiger partial charge in [0.1, 0.15) is 29.8 Å². The van der Waals surface area contributed by atoms with Gasteiger partial charge in [0, 0.05) is 11.3 Å². The summed E-state index contributed by atoms with van der Waals surface area (Å²) in [6.07, 6.45) is 1.45. The molecule has 34 heavy (non-hydrogen) atoms. The number of nitrogens with one attached hydrogen (secondary N) is 1. The molecule has 1 N–H and O–H groups in total. The van der Waals surface area contributed by atoms with Crippen molar-refractivity contribution < 1.29 is 23.5 Å². The summed E-state index contributed by atoms with van der Waals surface area (Å²) >= 11 is 5.51. The van der Waals surface area contributed by atoms with Gasteiger partial charge < -0.3 is 14.8 Å². The second-order valence-electron chi connectivity index (χ2n) is 6.89. The van der Waals surface area contributed by atoms with Crippen LogP contribution in [-0.2, 0) is 16.1 Å². The maximum Gasteiger partial charge on any atom is 0.337 e. The summed E-state index contributed by atoms with van der Waals surface area (Å²) < 4.78 is 25.6. The van der Waals surface area contributed by atoms with Crippen molar-refractivity contribution in [2.24, 2.45) is 0 Å². The van der Waals surface area contributed by atoms with Crippen LogP contribution in [0.25, 0.3) is 6.08 Å². The molecule has 0 bridgehead atoms. The lowest BCUT2D eigenvalue weighted by molar-refractivity contribution is -0.112. The number of amides is 1. The number of hydrogen-bond acceptors (Lipinski definition) is 5. The fourth-order valence-corrected chi connectivity index (χ4v) is 4.66. The van der Waals surface area contributed by atoms with Crippen LogP contribution in [0.1, 0.15) is 21.5 Å². The molecule has 0 aliphatic heterocycles. The first-order valence-electron chi connectivity index (χ1n) is 9.79. The van der Waals surface area contributed by atoms with E-state index in [4.69, 9.17) is 4.74 Å². The van der Waals surface area contributed by atoms with Crippen molar-refractivity contribution in [1.29, 1.82) is 5.26 Å². The normalized spacial score (nSPS) is 10.9. The molecule has 3 aromatic rings. The molecule has 0 spiro atoms. The van der Waals surface area contributed by atoms with E-state index in [0.29, 0.717) is 36.2 Å². The largest absolute Gasteiger partial charge is 0.486 e. The Morgan fingerprint density at radius 1 is 1.18 bits per heavy atom. The SMILES string of the molecule is COC(=O)c1ccc(NC(=O)/C(C#N)=C/c2cc(Br)c(OCc3ccccc3F)c(I)c2)cc1. The summed E-state index contributed by atoms with van der Waals surface area (Å²) in [6, 6.07) is 17.8. The van der Waals surface area contributed by atoms with E-state index < -0.39 is 11.9 Å². The Hall–Kier alpha value is -3.23. The predicted octanol–water partition coefficient (Wildman–Crippen LogP) is 6.10. The number of methoxy groups -OCH3 is 1. The number of anilines is 1. The van der Waals surface area contributed by atoms with Gasteiger partial charge in [0.15, 0.2) is 0 Å². The lowest BCUT2D eigenvalue weighted by Gasteiger charge is -2.12. The van der Waals surface area contributed by atoms with Crippen LogP contribution in [0.4, 0.5) is 10.1 Å². The molecule has 6 nitrogen and oxygen atoms in total. The van der Waals surface area contributed by atoms with Gasteiger partial charge in [-0.2, -0.15) is 5.26 Å². The molecule has 172 valence electrons. The molecular weight excluding hydrogens is 618 g/mol. The van der Waals surface area contributed by atoms with E-state index in [9.17, 15) is 19.2 Å². The lowest BCUT2D eigenvalue weighted by atomic mass is 10.1. The van der Waals surface area contributed by atoms with Gasteiger partial charge in [-0.25, -0.2) is 9.18 Å². The Morgan fingerprint density at radius 2 is 1.88 bits per heavy atom. The van der Waals surface area contributed by atoms with Gasteiger partial charge in [-0.05, 0) is 92.6 Å². The Labute approximate surface area is 217 Å². The molecule has 1 amide bonds. The first kappa shape index (κ1) is 25.4. The first-order chi connectivity index (χ1) is 16.3. The van der Waals surface area contributed by atoms with Crippen LogP contribution in [0.15, 0.2) is 70.7 Å². The maximum atomic E-state index is 13.9. The van der Waals surface area contributed by atoms with Gasteiger partial charge in [0.25, 0.3) is 5.91 Å². The average molecular weight is 635 g/mol. The van der Waals surface area contributed by atoms with Crippen molar-refractivity contribution in [3.8, 4) is 11.8 Å². The molecular formula is C25H17BrFIN2O4. The Bertz CT molecular complexity index is 1280. The number of carbonyl (C=O) groups is 2. The topological polar surface area (TPSA) is 88.4 Å². The third-order valence-electron chi connectivity index (χ3n) is 4.59. The Balaban J connectivity index is 1.75. The molecule has 9 heteroatoms. The van der Waals surface area contributed by atoms with Crippen LogP contribution in [0, 0.1) is 20.7 Å². The molecule has 0 unspecified atom stereocenters. The minimum atomic E-state index is -0.598. The van der Waals surface area contributed by atoms with Crippen LogP contribution in [0.3, 0.4) is 0 Å². The zero-order valence-electron chi connectivity index (χ0n) is 17.8. The number of rotatable bonds is 7. The van der Waals surface area contributed by atoms with Gasteiger partial charge in [-0.15, -0.1) is 0 Å². The van der Waals surface area contributed by atoms with Crippen LogP contribution < -0.4 is 10.1 Å².